The third kappa shape index (κ3) is 5.19. The van der Waals surface area contributed by atoms with E-state index < -0.39 is 6.03 Å². The number of amides is 3. The quantitative estimate of drug-likeness (QED) is 0.509. The molecule has 0 radical (unpaired) electrons. The summed E-state index contributed by atoms with van der Waals surface area (Å²) in [7, 11) is 0. The molecule has 0 aliphatic carbocycles. The van der Waals surface area contributed by atoms with Crippen LogP contribution in [0.3, 0.4) is 0 Å². The molecule has 9 heteroatoms. The van der Waals surface area contributed by atoms with E-state index in [2.05, 4.69) is 20.9 Å². The molecule has 3 amide bonds. The number of aromatic nitrogens is 1. The number of nitrogens with one attached hydrogen (secondary N) is 3. The Bertz CT molecular complexity index is 1010. The lowest BCUT2D eigenvalue weighted by Crippen LogP contribution is -2.19. The Morgan fingerprint density at radius 1 is 0.926 bits per heavy atom. The standard InChI is InChI=1S/C18H14Cl2N4O2S/c1-10-15(16(25)22-13-6-2-4-11(19)8-13)27-18(21-10)24-17(26)23-14-7-3-5-12(20)9-14/h2-9H,1H3,(H,22,25)(H2,21,23,24,26). The summed E-state index contributed by atoms with van der Waals surface area (Å²) in [4.78, 5) is 29.2. The molecule has 0 unspecified atom stereocenters. The fraction of sp³-hybridized carbons (Fsp3) is 0.0556. The van der Waals surface area contributed by atoms with E-state index in [0.717, 1.165) is 11.3 Å². The van der Waals surface area contributed by atoms with Crippen molar-refractivity contribution >= 4 is 63.0 Å². The average molecular weight is 421 g/mol. The Labute approximate surface area is 169 Å². The van der Waals surface area contributed by atoms with Gasteiger partial charge in [-0.05, 0) is 43.3 Å². The molecule has 0 saturated carbocycles. The van der Waals surface area contributed by atoms with Gasteiger partial charge in [-0.1, -0.05) is 46.7 Å². The van der Waals surface area contributed by atoms with Gasteiger partial charge >= 0.3 is 6.03 Å². The van der Waals surface area contributed by atoms with E-state index in [1.54, 1.807) is 55.5 Å². The number of carbonyl (C=O) groups is 2. The van der Waals surface area contributed by atoms with Gasteiger partial charge in [0, 0.05) is 21.4 Å². The largest absolute Gasteiger partial charge is 0.325 e. The number of hydrogen-bond acceptors (Lipinski definition) is 4. The number of anilines is 3. The first-order valence-electron chi connectivity index (χ1n) is 7.78. The second-order valence-corrected chi connectivity index (χ2v) is 7.36. The number of aryl methyl sites for hydroxylation is 1. The van der Waals surface area contributed by atoms with Crippen molar-refractivity contribution in [1.29, 1.82) is 0 Å². The molecule has 138 valence electrons. The Hall–Kier alpha value is -2.61. The van der Waals surface area contributed by atoms with Crippen LogP contribution in [0.4, 0.5) is 21.3 Å². The molecule has 0 fully saturated rings. The van der Waals surface area contributed by atoms with E-state index in [0.29, 0.717) is 37.1 Å². The van der Waals surface area contributed by atoms with Gasteiger partial charge in [0.1, 0.15) is 4.88 Å². The smallest absolute Gasteiger partial charge is 0.321 e. The van der Waals surface area contributed by atoms with E-state index in [4.69, 9.17) is 23.2 Å². The molecule has 0 bridgehead atoms. The molecule has 3 N–H and O–H groups in total. The zero-order chi connectivity index (χ0) is 19.4. The molecule has 2 aromatic carbocycles. The van der Waals surface area contributed by atoms with Crippen LogP contribution in [-0.4, -0.2) is 16.9 Å². The molecule has 1 heterocycles. The van der Waals surface area contributed by atoms with Crippen molar-refractivity contribution in [1.82, 2.24) is 4.98 Å². The summed E-state index contributed by atoms with van der Waals surface area (Å²) in [6, 6.07) is 13.1. The van der Waals surface area contributed by atoms with Crippen molar-refractivity contribution in [3.05, 3.63) is 69.1 Å². The second-order valence-electron chi connectivity index (χ2n) is 5.49. The third-order valence-corrected chi connectivity index (χ3v) is 4.93. The summed E-state index contributed by atoms with van der Waals surface area (Å²) in [5.74, 6) is -0.324. The number of hydrogen-bond donors (Lipinski definition) is 3. The average Bonchev–Trinajstić information content (AvgIpc) is 2.95. The molecule has 1 aromatic heterocycles. The van der Waals surface area contributed by atoms with Crippen LogP contribution in [0.2, 0.25) is 10.0 Å². The number of nitrogens with zero attached hydrogens (tertiary/aromatic N) is 1. The molecule has 0 saturated heterocycles. The van der Waals surface area contributed by atoms with Crippen molar-refractivity contribution in [2.75, 3.05) is 16.0 Å². The van der Waals surface area contributed by atoms with Crippen LogP contribution in [0.5, 0.6) is 0 Å². The lowest BCUT2D eigenvalue weighted by Gasteiger charge is -2.05. The first kappa shape index (κ1) is 19.2. The van der Waals surface area contributed by atoms with Gasteiger partial charge in [-0.2, -0.15) is 0 Å². The molecular formula is C18H14Cl2N4O2S. The molecule has 0 aliphatic rings. The van der Waals surface area contributed by atoms with Crippen molar-refractivity contribution in [3.63, 3.8) is 0 Å². The predicted molar refractivity (Wildman–Crippen MR) is 110 cm³/mol. The van der Waals surface area contributed by atoms with Crippen molar-refractivity contribution in [2.24, 2.45) is 0 Å². The second kappa shape index (κ2) is 8.39. The van der Waals surface area contributed by atoms with Crippen LogP contribution < -0.4 is 16.0 Å². The summed E-state index contributed by atoms with van der Waals surface area (Å²) in [6.45, 7) is 1.70. The first-order chi connectivity index (χ1) is 12.9. The highest BCUT2D eigenvalue weighted by Gasteiger charge is 2.17. The van der Waals surface area contributed by atoms with Gasteiger partial charge in [-0.25, -0.2) is 9.78 Å². The number of thiazole rings is 1. The fourth-order valence-corrected chi connectivity index (χ4v) is 3.48. The van der Waals surface area contributed by atoms with E-state index in [1.807, 2.05) is 0 Å². The highest BCUT2D eigenvalue weighted by molar-refractivity contribution is 7.17. The van der Waals surface area contributed by atoms with Gasteiger partial charge in [0.15, 0.2) is 5.13 Å². The number of carbonyl (C=O) groups excluding carboxylic acids is 2. The highest BCUT2D eigenvalue weighted by atomic mass is 35.5. The Kier molecular flexibility index (Phi) is 5.95. The van der Waals surface area contributed by atoms with Crippen molar-refractivity contribution in [2.45, 2.75) is 6.92 Å². The Balaban J connectivity index is 1.66. The van der Waals surface area contributed by atoms with Crippen LogP contribution in [-0.2, 0) is 0 Å². The van der Waals surface area contributed by atoms with Crippen LogP contribution in [0.25, 0.3) is 0 Å². The normalized spacial score (nSPS) is 10.3. The number of benzene rings is 2. The molecule has 3 rings (SSSR count). The number of rotatable bonds is 4. The summed E-state index contributed by atoms with van der Waals surface area (Å²) in [5.41, 5.74) is 1.64. The van der Waals surface area contributed by atoms with Crippen molar-refractivity contribution < 1.29 is 9.59 Å². The SMILES string of the molecule is Cc1nc(NC(=O)Nc2cccc(Cl)c2)sc1C(=O)Nc1cccc(Cl)c1. The fourth-order valence-electron chi connectivity index (χ4n) is 2.24. The van der Waals surface area contributed by atoms with Gasteiger partial charge in [-0.3, -0.25) is 10.1 Å². The van der Waals surface area contributed by atoms with Gasteiger partial charge in [0.25, 0.3) is 5.91 Å². The zero-order valence-corrected chi connectivity index (χ0v) is 16.4. The van der Waals surface area contributed by atoms with Gasteiger partial charge in [0.05, 0.1) is 5.69 Å². The number of urea groups is 1. The zero-order valence-electron chi connectivity index (χ0n) is 14.0. The third-order valence-electron chi connectivity index (χ3n) is 3.39. The van der Waals surface area contributed by atoms with Gasteiger partial charge < -0.3 is 10.6 Å². The highest BCUT2D eigenvalue weighted by Crippen LogP contribution is 2.25. The number of halogens is 2. The molecule has 0 atom stereocenters. The summed E-state index contributed by atoms with van der Waals surface area (Å²) >= 11 is 12.9. The van der Waals surface area contributed by atoms with Crippen LogP contribution in [0, 0.1) is 6.92 Å². The predicted octanol–water partition coefficient (Wildman–Crippen LogP) is 5.65. The molecular weight excluding hydrogens is 407 g/mol. The minimum absolute atomic E-state index is 0.309. The minimum Gasteiger partial charge on any atom is -0.321 e. The maximum atomic E-state index is 12.4. The summed E-state index contributed by atoms with van der Waals surface area (Å²) < 4.78 is 0. The Morgan fingerprint density at radius 2 is 1.52 bits per heavy atom. The first-order valence-corrected chi connectivity index (χ1v) is 9.36. The van der Waals surface area contributed by atoms with E-state index in [9.17, 15) is 9.59 Å². The minimum atomic E-state index is -0.479. The van der Waals surface area contributed by atoms with Gasteiger partial charge in [0.2, 0.25) is 0 Å². The lowest BCUT2D eigenvalue weighted by atomic mass is 10.3. The monoisotopic (exact) mass is 420 g/mol. The molecule has 6 nitrogen and oxygen atoms in total. The topological polar surface area (TPSA) is 83.1 Å². The van der Waals surface area contributed by atoms with E-state index >= 15 is 0 Å². The van der Waals surface area contributed by atoms with Crippen LogP contribution in [0.15, 0.2) is 48.5 Å². The summed E-state index contributed by atoms with van der Waals surface area (Å²) in [6.07, 6.45) is 0. The molecule has 27 heavy (non-hydrogen) atoms. The van der Waals surface area contributed by atoms with Crippen LogP contribution >= 0.6 is 34.5 Å². The molecule has 3 aromatic rings. The van der Waals surface area contributed by atoms with Gasteiger partial charge in [-0.15, -0.1) is 0 Å². The lowest BCUT2D eigenvalue weighted by molar-refractivity contribution is 0.103. The Morgan fingerprint density at radius 3 is 2.11 bits per heavy atom. The maximum Gasteiger partial charge on any atom is 0.325 e. The molecule has 0 aliphatic heterocycles. The van der Waals surface area contributed by atoms with Crippen LogP contribution in [0.1, 0.15) is 15.4 Å². The maximum absolute atomic E-state index is 12.4. The van der Waals surface area contributed by atoms with Crippen molar-refractivity contribution in [3.8, 4) is 0 Å². The van der Waals surface area contributed by atoms with E-state index in [1.165, 1.54) is 0 Å². The van der Waals surface area contributed by atoms with E-state index in [-0.39, 0.29) is 5.91 Å². The summed E-state index contributed by atoms with van der Waals surface area (Å²) in [5, 5.41) is 9.36. The molecule has 0 spiro atoms.